The quantitative estimate of drug-likeness (QED) is 0.771. The van der Waals surface area contributed by atoms with Crippen LogP contribution in [0.25, 0.3) is 0 Å². The van der Waals surface area contributed by atoms with E-state index >= 15 is 0 Å². The standard InChI is InChI=1S/C12H16N4/c1-9-7-10(13)3-4-12(9)14-8-11-5-6-15-16(11)2/h3-7,14H,8,13H2,1-2H3. The van der Waals surface area contributed by atoms with Gasteiger partial charge in [-0.05, 0) is 36.8 Å². The number of rotatable bonds is 3. The van der Waals surface area contributed by atoms with Crippen LogP contribution in [-0.4, -0.2) is 9.78 Å². The second-order valence-corrected chi connectivity index (χ2v) is 3.87. The molecule has 4 nitrogen and oxygen atoms in total. The summed E-state index contributed by atoms with van der Waals surface area (Å²) in [6, 6.07) is 7.87. The zero-order chi connectivity index (χ0) is 11.5. The van der Waals surface area contributed by atoms with E-state index in [0.29, 0.717) is 0 Å². The fourth-order valence-electron chi connectivity index (χ4n) is 1.65. The first-order chi connectivity index (χ1) is 7.66. The molecule has 0 spiro atoms. The highest BCUT2D eigenvalue weighted by Crippen LogP contribution is 2.18. The van der Waals surface area contributed by atoms with Crippen LogP contribution in [0.2, 0.25) is 0 Å². The summed E-state index contributed by atoms with van der Waals surface area (Å²) in [6.45, 7) is 2.81. The van der Waals surface area contributed by atoms with Crippen LogP contribution in [0.4, 0.5) is 11.4 Å². The van der Waals surface area contributed by atoms with Crippen LogP contribution < -0.4 is 11.1 Å². The van der Waals surface area contributed by atoms with Gasteiger partial charge >= 0.3 is 0 Å². The molecule has 84 valence electrons. The molecule has 0 fully saturated rings. The van der Waals surface area contributed by atoms with Crippen molar-refractivity contribution in [1.29, 1.82) is 0 Å². The zero-order valence-electron chi connectivity index (χ0n) is 9.57. The van der Waals surface area contributed by atoms with Crippen molar-refractivity contribution in [3.63, 3.8) is 0 Å². The SMILES string of the molecule is Cc1cc(N)ccc1NCc1ccnn1C. The van der Waals surface area contributed by atoms with Crippen molar-refractivity contribution in [1.82, 2.24) is 9.78 Å². The molecule has 3 N–H and O–H groups in total. The highest BCUT2D eigenvalue weighted by Gasteiger charge is 2.00. The van der Waals surface area contributed by atoms with E-state index in [2.05, 4.69) is 10.4 Å². The normalized spacial score (nSPS) is 10.4. The first kappa shape index (κ1) is 10.5. The number of anilines is 2. The fourth-order valence-corrected chi connectivity index (χ4v) is 1.65. The van der Waals surface area contributed by atoms with Gasteiger partial charge in [0.05, 0.1) is 12.2 Å². The Morgan fingerprint density at radius 1 is 1.38 bits per heavy atom. The highest BCUT2D eigenvalue weighted by molar-refractivity contribution is 5.57. The van der Waals surface area contributed by atoms with E-state index in [0.717, 1.165) is 29.2 Å². The first-order valence-corrected chi connectivity index (χ1v) is 5.23. The Bertz CT molecular complexity index is 488. The third-order valence-electron chi connectivity index (χ3n) is 2.63. The molecule has 0 amide bonds. The second-order valence-electron chi connectivity index (χ2n) is 3.87. The Morgan fingerprint density at radius 2 is 2.19 bits per heavy atom. The van der Waals surface area contributed by atoms with Gasteiger partial charge in [0.2, 0.25) is 0 Å². The highest BCUT2D eigenvalue weighted by atomic mass is 15.3. The van der Waals surface area contributed by atoms with Gasteiger partial charge in [-0.3, -0.25) is 4.68 Å². The van der Waals surface area contributed by atoms with Crippen molar-refractivity contribution in [2.75, 3.05) is 11.1 Å². The molecule has 16 heavy (non-hydrogen) atoms. The lowest BCUT2D eigenvalue weighted by molar-refractivity contribution is 0.720. The number of nitrogens with two attached hydrogens (primary N) is 1. The van der Waals surface area contributed by atoms with E-state index in [1.807, 2.05) is 42.9 Å². The molecule has 2 rings (SSSR count). The molecule has 1 aromatic heterocycles. The van der Waals surface area contributed by atoms with Gasteiger partial charge < -0.3 is 11.1 Å². The van der Waals surface area contributed by atoms with Crippen LogP contribution in [0, 0.1) is 6.92 Å². The maximum atomic E-state index is 5.70. The average Bonchev–Trinajstić information content (AvgIpc) is 2.63. The largest absolute Gasteiger partial charge is 0.399 e. The molecule has 0 aliphatic heterocycles. The molecule has 0 saturated heterocycles. The molecular weight excluding hydrogens is 200 g/mol. The van der Waals surface area contributed by atoms with Crippen LogP contribution in [-0.2, 0) is 13.6 Å². The summed E-state index contributed by atoms with van der Waals surface area (Å²) in [4.78, 5) is 0. The van der Waals surface area contributed by atoms with E-state index in [9.17, 15) is 0 Å². The van der Waals surface area contributed by atoms with Crippen LogP contribution in [0.15, 0.2) is 30.5 Å². The molecule has 0 aliphatic carbocycles. The predicted molar refractivity (Wildman–Crippen MR) is 66.1 cm³/mol. The number of nitrogens with zero attached hydrogens (tertiary/aromatic N) is 2. The lowest BCUT2D eigenvalue weighted by Gasteiger charge is -2.10. The lowest BCUT2D eigenvalue weighted by atomic mass is 10.2. The van der Waals surface area contributed by atoms with E-state index in [4.69, 9.17) is 5.73 Å². The summed E-state index contributed by atoms with van der Waals surface area (Å²) >= 11 is 0. The second kappa shape index (κ2) is 4.26. The van der Waals surface area contributed by atoms with Crippen molar-refractivity contribution in [3.05, 3.63) is 41.7 Å². The molecular formula is C12H16N4. The van der Waals surface area contributed by atoms with Crippen LogP contribution >= 0.6 is 0 Å². The zero-order valence-corrected chi connectivity index (χ0v) is 9.57. The van der Waals surface area contributed by atoms with E-state index in [1.165, 1.54) is 0 Å². The average molecular weight is 216 g/mol. The molecule has 4 heteroatoms. The molecule has 0 aliphatic rings. The molecule has 0 unspecified atom stereocenters. The summed E-state index contributed by atoms with van der Waals surface area (Å²) in [5.41, 5.74) is 9.91. The van der Waals surface area contributed by atoms with Gasteiger partial charge in [-0.15, -0.1) is 0 Å². The van der Waals surface area contributed by atoms with Crippen molar-refractivity contribution >= 4 is 11.4 Å². The Hall–Kier alpha value is -1.97. The Kier molecular flexibility index (Phi) is 2.81. The third-order valence-corrected chi connectivity index (χ3v) is 2.63. The minimum absolute atomic E-state index is 0.765. The maximum Gasteiger partial charge on any atom is 0.0571 e. The molecule has 1 heterocycles. The lowest BCUT2D eigenvalue weighted by Crippen LogP contribution is -2.06. The summed E-state index contributed by atoms with van der Waals surface area (Å²) in [7, 11) is 1.94. The van der Waals surface area contributed by atoms with Crippen LogP contribution in [0.5, 0.6) is 0 Å². The number of hydrogen-bond donors (Lipinski definition) is 2. The van der Waals surface area contributed by atoms with E-state index in [-0.39, 0.29) is 0 Å². The van der Waals surface area contributed by atoms with Gasteiger partial charge in [0.1, 0.15) is 0 Å². The third kappa shape index (κ3) is 2.16. The minimum Gasteiger partial charge on any atom is -0.399 e. The van der Waals surface area contributed by atoms with Gasteiger partial charge in [0.25, 0.3) is 0 Å². The smallest absolute Gasteiger partial charge is 0.0571 e. The molecule has 2 aromatic rings. The number of nitrogen functional groups attached to an aromatic ring is 1. The number of nitrogens with one attached hydrogen (secondary N) is 1. The Morgan fingerprint density at radius 3 is 2.81 bits per heavy atom. The summed E-state index contributed by atoms with van der Waals surface area (Å²) in [5, 5.41) is 7.49. The minimum atomic E-state index is 0.765. The van der Waals surface area contributed by atoms with Gasteiger partial charge in [0.15, 0.2) is 0 Å². The van der Waals surface area contributed by atoms with Crippen molar-refractivity contribution in [2.24, 2.45) is 7.05 Å². The molecule has 0 radical (unpaired) electrons. The molecule has 0 bridgehead atoms. The van der Waals surface area contributed by atoms with Crippen LogP contribution in [0.3, 0.4) is 0 Å². The molecule has 0 saturated carbocycles. The van der Waals surface area contributed by atoms with E-state index in [1.54, 1.807) is 6.20 Å². The summed E-state index contributed by atoms with van der Waals surface area (Å²) < 4.78 is 1.86. The van der Waals surface area contributed by atoms with Crippen molar-refractivity contribution in [2.45, 2.75) is 13.5 Å². The predicted octanol–water partition coefficient (Wildman–Crippen LogP) is 1.92. The monoisotopic (exact) mass is 216 g/mol. The molecule has 0 atom stereocenters. The van der Waals surface area contributed by atoms with Gasteiger partial charge in [0, 0.05) is 24.6 Å². The Balaban J connectivity index is 2.08. The van der Waals surface area contributed by atoms with Crippen molar-refractivity contribution in [3.8, 4) is 0 Å². The number of hydrogen-bond acceptors (Lipinski definition) is 3. The number of benzene rings is 1. The van der Waals surface area contributed by atoms with Crippen molar-refractivity contribution < 1.29 is 0 Å². The summed E-state index contributed by atoms with van der Waals surface area (Å²) in [6.07, 6.45) is 1.80. The number of aryl methyl sites for hydroxylation is 2. The Labute approximate surface area is 95.1 Å². The first-order valence-electron chi connectivity index (χ1n) is 5.23. The maximum absolute atomic E-state index is 5.70. The topological polar surface area (TPSA) is 55.9 Å². The molecule has 1 aromatic carbocycles. The van der Waals surface area contributed by atoms with E-state index < -0.39 is 0 Å². The van der Waals surface area contributed by atoms with Gasteiger partial charge in [-0.2, -0.15) is 5.10 Å². The fraction of sp³-hybridized carbons (Fsp3) is 0.250. The van der Waals surface area contributed by atoms with Gasteiger partial charge in [-0.25, -0.2) is 0 Å². The number of aromatic nitrogens is 2. The summed E-state index contributed by atoms with van der Waals surface area (Å²) in [5.74, 6) is 0. The van der Waals surface area contributed by atoms with Gasteiger partial charge in [-0.1, -0.05) is 0 Å². The van der Waals surface area contributed by atoms with Crippen LogP contribution in [0.1, 0.15) is 11.3 Å².